The number of benzene rings is 1. The molecule has 4 aromatic heterocycles. The van der Waals surface area contributed by atoms with Crippen molar-refractivity contribution in [1.82, 2.24) is 28.9 Å². The number of allylic oxidation sites excluding steroid dienone is 3. The van der Waals surface area contributed by atoms with Crippen LogP contribution in [0.5, 0.6) is 11.6 Å². The van der Waals surface area contributed by atoms with Crippen molar-refractivity contribution in [2.45, 2.75) is 45.2 Å². The van der Waals surface area contributed by atoms with Gasteiger partial charge >= 0.3 is 12.1 Å². The van der Waals surface area contributed by atoms with E-state index in [1.54, 1.807) is 36.5 Å². The van der Waals surface area contributed by atoms with Crippen molar-refractivity contribution < 1.29 is 41.7 Å². The summed E-state index contributed by atoms with van der Waals surface area (Å²) in [7, 11) is 2.12. The molecule has 1 aliphatic carbocycles. The normalized spacial score (nSPS) is 17.5. The highest BCUT2D eigenvalue weighted by atomic mass is 35.5. The summed E-state index contributed by atoms with van der Waals surface area (Å²) in [5.74, 6) is -1.03. The predicted octanol–water partition coefficient (Wildman–Crippen LogP) is 8.15. The molecule has 7 rings (SSSR count). The Morgan fingerprint density at radius 3 is 2.66 bits per heavy atom. The molecule has 1 saturated heterocycles. The molecule has 0 radical (unpaired) electrons. The summed E-state index contributed by atoms with van der Waals surface area (Å²) in [4.78, 5) is 22.9. The van der Waals surface area contributed by atoms with Gasteiger partial charge in [0.2, 0.25) is 12.0 Å². The average Bonchev–Trinajstić information content (AvgIpc) is 3.93. The van der Waals surface area contributed by atoms with Crippen molar-refractivity contribution in [3.8, 4) is 22.2 Å². The number of aromatic nitrogens is 4. The van der Waals surface area contributed by atoms with Gasteiger partial charge in [0.1, 0.15) is 18.9 Å². The minimum Gasteiger partial charge on any atom is -0.487 e. The van der Waals surface area contributed by atoms with Crippen LogP contribution in [0.25, 0.3) is 26.2 Å². The zero-order valence-electron chi connectivity index (χ0n) is 31.7. The number of ether oxygens (including phenoxy) is 3. The van der Waals surface area contributed by atoms with Gasteiger partial charge in [-0.05, 0) is 72.9 Å². The number of rotatable bonds is 16. The molecule has 58 heavy (non-hydrogen) atoms. The Bertz CT molecular complexity index is 2300. The maximum atomic E-state index is 14.5. The van der Waals surface area contributed by atoms with Gasteiger partial charge in [-0.3, -0.25) is 14.6 Å². The first-order chi connectivity index (χ1) is 27.8. The van der Waals surface area contributed by atoms with Gasteiger partial charge in [0, 0.05) is 68.1 Å². The molecule has 1 aliphatic heterocycles. The lowest BCUT2D eigenvalue weighted by atomic mass is 9.84. The lowest BCUT2D eigenvalue weighted by molar-refractivity contribution is -0.145. The van der Waals surface area contributed by atoms with Crippen LogP contribution < -0.4 is 9.47 Å². The van der Waals surface area contributed by atoms with Crippen LogP contribution in [0.4, 0.5) is 17.6 Å². The van der Waals surface area contributed by atoms with E-state index in [2.05, 4.69) is 26.3 Å². The molecular weight excluding hydrogens is 820 g/mol. The van der Waals surface area contributed by atoms with E-state index in [1.165, 1.54) is 18.3 Å². The Morgan fingerprint density at radius 2 is 1.91 bits per heavy atom. The molecule has 0 spiro atoms. The number of piperazine rings is 1. The Balaban J connectivity index is 1.16. The largest absolute Gasteiger partial charge is 0.487 e. The number of alkyl halides is 3. The number of carboxylic acid groups (broad SMARTS) is 1. The molecule has 1 fully saturated rings. The first-order valence-corrected chi connectivity index (χ1v) is 20.6. The SMILES string of the molecule is CC1=C(c2c(-c3ccc(F)s3)ncc3snc(O[C@H](Cc4ccccc4OCc4ccnn4CC(F)(F)F)C(=O)O)c23)CC(COCCN2CCN(C)CC2)C=C1Cl. The first kappa shape index (κ1) is 41.8. The van der Waals surface area contributed by atoms with E-state index >= 15 is 0 Å². The fourth-order valence-electron chi connectivity index (χ4n) is 7.03. The lowest BCUT2D eigenvalue weighted by Gasteiger charge is -2.32. The third-order valence-electron chi connectivity index (χ3n) is 10.1. The fourth-order valence-corrected chi connectivity index (χ4v) is 8.76. The zero-order chi connectivity index (χ0) is 41.0. The van der Waals surface area contributed by atoms with Crippen LogP contribution >= 0.6 is 34.5 Å². The second-order valence-electron chi connectivity index (χ2n) is 14.3. The summed E-state index contributed by atoms with van der Waals surface area (Å²) in [5.41, 5.74) is 3.37. The van der Waals surface area contributed by atoms with E-state index in [4.69, 9.17) is 30.8 Å². The molecule has 1 unspecified atom stereocenters. The summed E-state index contributed by atoms with van der Waals surface area (Å²) in [5, 5.41) is 14.9. The van der Waals surface area contributed by atoms with E-state index < -0.39 is 29.9 Å². The van der Waals surface area contributed by atoms with E-state index in [-0.39, 0.29) is 36.3 Å². The van der Waals surface area contributed by atoms with Gasteiger partial charge in [0.15, 0.2) is 5.13 Å². The number of thiophene rings is 1. The molecular formula is C40H41ClF4N6O5S2. The molecule has 11 nitrogen and oxygen atoms in total. The molecule has 5 aromatic rings. The van der Waals surface area contributed by atoms with Crippen LogP contribution in [-0.2, 0) is 29.1 Å². The summed E-state index contributed by atoms with van der Waals surface area (Å²) >= 11 is 8.95. The number of para-hydroxylation sites is 1. The number of carboxylic acids is 1. The molecule has 5 heterocycles. The summed E-state index contributed by atoms with van der Waals surface area (Å²) < 4.78 is 78.2. The minimum atomic E-state index is -4.48. The maximum absolute atomic E-state index is 14.5. The number of nitrogens with zero attached hydrogens (tertiary/aromatic N) is 6. The van der Waals surface area contributed by atoms with Gasteiger partial charge in [0.05, 0.1) is 39.6 Å². The third-order valence-corrected chi connectivity index (χ3v) is 12.2. The maximum Gasteiger partial charge on any atom is 0.408 e. The fraction of sp³-hybridized carbons (Fsp3) is 0.400. The van der Waals surface area contributed by atoms with Crippen LogP contribution in [-0.4, -0.2) is 105 Å². The summed E-state index contributed by atoms with van der Waals surface area (Å²) in [6.45, 7) is 6.24. The highest BCUT2D eigenvalue weighted by Gasteiger charge is 2.32. The first-order valence-electron chi connectivity index (χ1n) is 18.6. The standard InChI is InChI=1S/C40H41ClF4N6O5S2/c1-24-28(17-25(18-29(24)41)21-54-16-15-50-13-11-49(2)12-14-50)35-36-33(20-46-37(35)32-7-8-34(42)57-32)58-48-38(36)56-31(39(52)53)19-26-5-3-4-6-30(26)55-22-27-9-10-47-51(27)23-40(43,44)45/h3-10,18,20,25,31H,11-17,19,21-23H2,1-2H3,(H,52,53)/t25?,31-/m1/s1. The van der Waals surface area contributed by atoms with Crippen molar-refractivity contribution in [2.24, 2.45) is 5.92 Å². The average molecular weight is 861 g/mol. The third kappa shape index (κ3) is 10.1. The number of halogens is 5. The second-order valence-corrected chi connectivity index (χ2v) is 16.5. The van der Waals surface area contributed by atoms with E-state index in [1.807, 2.05) is 13.0 Å². The number of carbonyl (C=O) groups is 1. The van der Waals surface area contributed by atoms with Crippen molar-refractivity contribution in [1.29, 1.82) is 0 Å². The van der Waals surface area contributed by atoms with Gasteiger partial charge in [0.25, 0.3) is 0 Å². The smallest absolute Gasteiger partial charge is 0.408 e. The zero-order valence-corrected chi connectivity index (χ0v) is 34.1. The highest BCUT2D eigenvalue weighted by Crippen LogP contribution is 2.47. The number of hydrogen-bond acceptors (Lipinski definition) is 11. The molecule has 2 atom stereocenters. The van der Waals surface area contributed by atoms with E-state index in [0.29, 0.717) is 56.5 Å². The number of hydrogen-bond donors (Lipinski definition) is 1. The van der Waals surface area contributed by atoms with Crippen LogP contribution in [0.3, 0.4) is 0 Å². The topological polar surface area (TPSA) is 115 Å². The van der Waals surface area contributed by atoms with Crippen molar-refractivity contribution in [3.63, 3.8) is 0 Å². The molecule has 0 saturated carbocycles. The van der Waals surface area contributed by atoms with Crippen LogP contribution in [0.2, 0.25) is 0 Å². The Morgan fingerprint density at radius 1 is 1.12 bits per heavy atom. The number of fused-ring (bicyclic) bond motifs is 1. The molecule has 0 bridgehead atoms. The van der Waals surface area contributed by atoms with Gasteiger partial charge < -0.3 is 24.2 Å². The van der Waals surface area contributed by atoms with Gasteiger partial charge in [-0.25, -0.2) is 4.79 Å². The second kappa shape index (κ2) is 18.3. The van der Waals surface area contributed by atoms with Gasteiger partial charge in [-0.2, -0.15) is 27.0 Å². The number of pyridine rings is 1. The highest BCUT2D eigenvalue weighted by molar-refractivity contribution is 7.14. The van der Waals surface area contributed by atoms with Crippen molar-refractivity contribution >= 4 is 56.1 Å². The Hall–Kier alpha value is -4.39. The summed E-state index contributed by atoms with van der Waals surface area (Å²) in [6.07, 6.45) is -0.720. The van der Waals surface area contributed by atoms with Crippen LogP contribution in [0.15, 0.2) is 71.5 Å². The number of likely N-dealkylation sites (N-methyl/N-ethyl adjacent to an activating group) is 1. The van der Waals surface area contributed by atoms with Gasteiger partial charge in [-0.15, -0.1) is 11.3 Å². The lowest BCUT2D eigenvalue weighted by Crippen LogP contribution is -2.45. The molecule has 308 valence electrons. The Kier molecular flexibility index (Phi) is 13.1. The summed E-state index contributed by atoms with van der Waals surface area (Å²) in [6, 6.07) is 11.1. The molecule has 18 heteroatoms. The molecule has 0 amide bonds. The Labute approximate surface area is 345 Å². The molecule has 1 N–H and O–H groups in total. The quantitative estimate of drug-likeness (QED) is 0.0771. The van der Waals surface area contributed by atoms with Crippen LogP contribution in [0, 0.1) is 11.0 Å². The predicted molar refractivity (Wildman–Crippen MR) is 215 cm³/mol. The molecule has 1 aromatic carbocycles. The monoisotopic (exact) mass is 860 g/mol. The van der Waals surface area contributed by atoms with Crippen molar-refractivity contribution in [2.75, 3.05) is 53.0 Å². The van der Waals surface area contributed by atoms with E-state index in [9.17, 15) is 27.5 Å². The molecule has 2 aliphatic rings. The van der Waals surface area contributed by atoms with Gasteiger partial charge in [-0.1, -0.05) is 35.9 Å². The minimum absolute atomic E-state index is 0.0588. The van der Waals surface area contributed by atoms with Crippen LogP contribution in [0.1, 0.15) is 30.2 Å². The van der Waals surface area contributed by atoms with E-state index in [0.717, 1.165) is 71.4 Å². The van der Waals surface area contributed by atoms with Crippen molar-refractivity contribution in [3.05, 3.63) is 93.5 Å². The number of aliphatic carboxylic acids is 1.